The molecule has 0 bridgehead atoms. The maximum atomic E-state index is 12.0. The summed E-state index contributed by atoms with van der Waals surface area (Å²) in [5, 5.41) is 23.0. The molecule has 0 aliphatic rings. The first-order valence-corrected chi connectivity index (χ1v) is 18.3. The van der Waals surface area contributed by atoms with Gasteiger partial charge in [0.2, 0.25) is 6.41 Å². The number of aromatic carboxylic acids is 1. The Morgan fingerprint density at radius 1 is 0.942 bits per heavy atom. The summed E-state index contributed by atoms with van der Waals surface area (Å²) in [5.41, 5.74) is 9.77. The van der Waals surface area contributed by atoms with Crippen molar-refractivity contribution in [3.8, 4) is 16.9 Å². The van der Waals surface area contributed by atoms with Gasteiger partial charge in [0.1, 0.15) is 5.75 Å². The Morgan fingerprint density at radius 2 is 1.63 bits per heavy atom. The highest BCUT2D eigenvalue weighted by Crippen LogP contribution is 2.44. The van der Waals surface area contributed by atoms with Crippen molar-refractivity contribution in [2.75, 3.05) is 25.0 Å². The zero-order chi connectivity index (χ0) is 38.3. The Labute approximate surface area is 320 Å². The molecular weight excluding hydrogens is 721 g/mol. The predicted molar refractivity (Wildman–Crippen MR) is 215 cm³/mol. The van der Waals surface area contributed by atoms with Gasteiger partial charge in [-0.15, -0.1) is 0 Å². The van der Waals surface area contributed by atoms with Crippen LogP contribution < -0.4 is 15.4 Å². The van der Waals surface area contributed by atoms with Crippen LogP contribution in [-0.2, 0) is 18.9 Å². The number of hydrogen-bond acceptors (Lipinski definition) is 5. The van der Waals surface area contributed by atoms with Crippen molar-refractivity contribution in [2.45, 2.75) is 54.4 Å². The molecule has 0 saturated heterocycles. The molecule has 3 aromatic carbocycles. The second-order valence-electron chi connectivity index (χ2n) is 12.4. The number of nitrogens with zero attached hydrogens (tertiary/aromatic N) is 3. The van der Waals surface area contributed by atoms with E-state index in [1.807, 2.05) is 95.3 Å². The van der Waals surface area contributed by atoms with Gasteiger partial charge in [0, 0.05) is 77.3 Å². The number of aryl methyl sites for hydroxylation is 5. The maximum absolute atomic E-state index is 12.0. The van der Waals surface area contributed by atoms with Crippen molar-refractivity contribution < 1.29 is 19.4 Å². The molecule has 0 saturated carbocycles. The van der Waals surface area contributed by atoms with Crippen LogP contribution in [0.15, 0.2) is 42.6 Å². The van der Waals surface area contributed by atoms with Gasteiger partial charge < -0.3 is 25.0 Å². The zero-order valence-corrected chi connectivity index (χ0v) is 33.1. The first kappa shape index (κ1) is 40.3. The number of carbonyl (C=O) groups excluding carboxylic acids is 1. The average molecular weight is 767 g/mol. The molecule has 3 N–H and O–H groups in total. The third kappa shape index (κ3) is 8.77. The maximum Gasteiger partial charge on any atom is 0.337 e. The lowest BCUT2D eigenvalue weighted by atomic mass is 9.91. The van der Waals surface area contributed by atoms with Crippen LogP contribution in [-0.4, -0.2) is 51.5 Å². The number of allylic oxidation sites excluding steroid dienone is 1. The number of rotatable bonds is 14. The molecule has 276 valence electrons. The molecule has 0 atom stereocenters. The van der Waals surface area contributed by atoms with Gasteiger partial charge in [0.15, 0.2) is 0 Å². The van der Waals surface area contributed by atoms with Gasteiger partial charge in [0.05, 0.1) is 33.6 Å². The number of halogens is 3. The van der Waals surface area contributed by atoms with E-state index in [4.69, 9.17) is 39.5 Å². The van der Waals surface area contributed by atoms with Gasteiger partial charge in [0.25, 0.3) is 0 Å². The molecule has 0 aliphatic carbocycles. The van der Waals surface area contributed by atoms with Crippen LogP contribution in [0.5, 0.6) is 5.75 Å². The van der Waals surface area contributed by atoms with Crippen LogP contribution in [0.1, 0.15) is 70.7 Å². The number of hydrogen-bond donors (Lipinski definition) is 3. The van der Waals surface area contributed by atoms with Gasteiger partial charge in [-0.25, -0.2) is 4.79 Å². The second-order valence-corrected chi connectivity index (χ2v) is 13.5. The number of carboxylic acids is 1. The lowest BCUT2D eigenvalue weighted by molar-refractivity contribution is -0.109. The summed E-state index contributed by atoms with van der Waals surface area (Å²) >= 11 is 19.8. The number of ether oxygens (including phenoxy) is 1. The summed E-state index contributed by atoms with van der Waals surface area (Å²) < 4.78 is 9.97. The predicted octanol–water partition coefficient (Wildman–Crippen LogP) is 10.1. The fraction of sp³-hybridized carbons (Fsp3) is 0.325. The number of aromatic nitrogens is 3. The van der Waals surface area contributed by atoms with Crippen LogP contribution in [0.3, 0.4) is 0 Å². The minimum absolute atomic E-state index is 0.0323. The molecule has 52 heavy (non-hydrogen) atoms. The molecule has 12 heteroatoms. The lowest BCUT2D eigenvalue weighted by Crippen LogP contribution is -2.21. The Hall–Kier alpha value is -4.44. The number of carboxylic acid groups (broad SMARTS) is 1. The third-order valence-electron chi connectivity index (χ3n) is 8.85. The van der Waals surface area contributed by atoms with Crippen molar-refractivity contribution in [1.82, 2.24) is 19.7 Å². The fourth-order valence-corrected chi connectivity index (χ4v) is 6.95. The second kappa shape index (κ2) is 17.9. The zero-order valence-electron chi connectivity index (χ0n) is 30.9. The van der Waals surface area contributed by atoms with E-state index in [0.29, 0.717) is 44.0 Å². The third-order valence-corrected chi connectivity index (χ3v) is 10.1. The normalized spacial score (nSPS) is 11.3. The fourth-order valence-electron chi connectivity index (χ4n) is 6.35. The van der Waals surface area contributed by atoms with Crippen molar-refractivity contribution in [3.05, 3.63) is 96.9 Å². The number of amides is 1. The Balaban J connectivity index is 0.00000297. The number of fused-ring (bicyclic) bond motifs is 1. The summed E-state index contributed by atoms with van der Waals surface area (Å²) in [6, 6.07) is 11.1. The van der Waals surface area contributed by atoms with Crippen LogP contribution >= 0.6 is 34.8 Å². The van der Waals surface area contributed by atoms with Crippen molar-refractivity contribution in [2.24, 2.45) is 14.1 Å². The molecule has 5 aromatic rings. The minimum Gasteiger partial charge on any atom is -0.494 e. The molecule has 2 aromatic heterocycles. The molecule has 0 fully saturated rings. The number of benzene rings is 3. The Kier molecular flexibility index (Phi) is 13.9. The largest absolute Gasteiger partial charge is 0.494 e. The number of carbonyl (C=O) groups is 2. The summed E-state index contributed by atoms with van der Waals surface area (Å²) in [6.07, 6.45) is 6.00. The van der Waals surface area contributed by atoms with Crippen molar-refractivity contribution in [1.29, 1.82) is 0 Å². The average Bonchev–Trinajstić information content (AvgIpc) is 3.54. The topological polar surface area (TPSA) is 110 Å². The molecule has 1 amide bonds. The van der Waals surface area contributed by atoms with E-state index in [-0.39, 0.29) is 10.6 Å². The molecule has 2 heterocycles. The summed E-state index contributed by atoms with van der Waals surface area (Å²) in [5.74, 6) is -0.343. The van der Waals surface area contributed by atoms with E-state index >= 15 is 0 Å². The van der Waals surface area contributed by atoms with Crippen LogP contribution in [0, 0.1) is 27.7 Å². The van der Waals surface area contributed by atoms with E-state index in [1.165, 1.54) is 0 Å². The van der Waals surface area contributed by atoms with Crippen LogP contribution in [0.2, 0.25) is 15.1 Å². The van der Waals surface area contributed by atoms with Crippen molar-refractivity contribution in [3.63, 3.8) is 0 Å². The molecule has 0 aliphatic heterocycles. The SMILES string of the molecule is CC.Cc1cc(OCCC/C(=C\c2cn(C)c3cc(Cl)c(C(=O)O)cc23)c2ccc(Cl)c(-c3c(C)nn(C)c3C)c2NCCNC=O)cc(C)c1Cl. The van der Waals surface area contributed by atoms with E-state index < -0.39 is 5.97 Å². The van der Waals surface area contributed by atoms with Gasteiger partial charge in [-0.2, -0.15) is 5.10 Å². The monoisotopic (exact) mass is 765 g/mol. The number of anilines is 1. The number of nitrogens with one attached hydrogen (secondary N) is 2. The van der Waals surface area contributed by atoms with Crippen LogP contribution in [0.4, 0.5) is 5.69 Å². The summed E-state index contributed by atoms with van der Waals surface area (Å²) in [7, 11) is 3.80. The standard InChI is InChI=1S/C38H40Cl3N5O4.C2H6/c1-21-14-27(15-22(2)36(21)41)50-13-7-8-25(16-26-19-45(5)33-18-32(40)30(38(48)49)17-29(26)33)28-9-10-31(39)35(37(28)43-12-11-42-20-47)34-23(3)44-46(6)24(34)4;1-2/h9-10,14-20,43H,7-8,11-13H2,1-6H3,(H,42,47)(H,48,49);1-2H3/b25-16+;. The van der Waals surface area contributed by atoms with Gasteiger partial charge in [-0.3, -0.25) is 9.48 Å². The van der Waals surface area contributed by atoms with E-state index in [1.54, 1.807) is 12.1 Å². The lowest BCUT2D eigenvalue weighted by Gasteiger charge is -2.21. The van der Waals surface area contributed by atoms with E-state index in [9.17, 15) is 14.7 Å². The minimum atomic E-state index is -1.10. The molecular formula is C40H46Cl3N5O4. The van der Waals surface area contributed by atoms with Crippen LogP contribution in [0.25, 0.3) is 33.7 Å². The van der Waals surface area contributed by atoms with E-state index in [0.717, 1.165) is 77.7 Å². The van der Waals surface area contributed by atoms with E-state index in [2.05, 4.69) is 21.8 Å². The first-order chi connectivity index (χ1) is 24.8. The first-order valence-electron chi connectivity index (χ1n) is 17.2. The highest BCUT2D eigenvalue weighted by Gasteiger charge is 2.23. The van der Waals surface area contributed by atoms with Gasteiger partial charge in [-0.05, 0) is 93.6 Å². The Bertz CT molecular complexity index is 2110. The quantitative estimate of drug-likeness (QED) is 0.0767. The molecule has 0 radical (unpaired) electrons. The highest BCUT2D eigenvalue weighted by atomic mass is 35.5. The molecule has 9 nitrogen and oxygen atoms in total. The van der Waals surface area contributed by atoms with Crippen molar-refractivity contribution >= 4 is 75.4 Å². The molecule has 5 rings (SSSR count). The highest BCUT2D eigenvalue weighted by molar-refractivity contribution is 6.35. The summed E-state index contributed by atoms with van der Waals surface area (Å²) in [4.78, 5) is 23.1. The van der Waals surface area contributed by atoms with Gasteiger partial charge >= 0.3 is 5.97 Å². The Morgan fingerprint density at radius 3 is 2.25 bits per heavy atom. The smallest absolute Gasteiger partial charge is 0.337 e. The van der Waals surface area contributed by atoms with Gasteiger partial charge in [-0.1, -0.05) is 54.7 Å². The molecule has 0 unspecified atom stereocenters. The molecule has 0 spiro atoms. The summed E-state index contributed by atoms with van der Waals surface area (Å²) in [6.45, 7) is 13.2.